The lowest BCUT2D eigenvalue weighted by Crippen LogP contribution is -2.35. The van der Waals surface area contributed by atoms with E-state index < -0.39 is 0 Å². The molecule has 1 fully saturated rings. The first-order valence-corrected chi connectivity index (χ1v) is 24.9. The molecular formula is C57H67ClN2O15. The van der Waals surface area contributed by atoms with Crippen LogP contribution in [-0.4, -0.2) is 95.2 Å². The molecule has 1 saturated heterocycles. The summed E-state index contributed by atoms with van der Waals surface area (Å²) in [4.78, 5) is 112. The highest BCUT2D eigenvalue weighted by molar-refractivity contribution is 5.99. The number of phenols is 3. The van der Waals surface area contributed by atoms with E-state index in [1.165, 1.54) is 30.3 Å². The number of aromatic hydroxyl groups is 3. The highest BCUT2D eigenvalue weighted by Gasteiger charge is 2.22. The Morgan fingerprint density at radius 2 is 1.00 bits per heavy atom. The van der Waals surface area contributed by atoms with Gasteiger partial charge in [0.2, 0.25) is 5.91 Å². The quantitative estimate of drug-likeness (QED) is 0.0639. The molecule has 0 radical (unpaired) electrons. The molecule has 6 aromatic rings. The van der Waals surface area contributed by atoms with Crippen molar-refractivity contribution < 1.29 is 57.3 Å². The van der Waals surface area contributed by atoms with Crippen LogP contribution >= 0.6 is 12.4 Å². The van der Waals surface area contributed by atoms with Crippen LogP contribution in [0, 0.1) is 27.7 Å². The van der Waals surface area contributed by atoms with Gasteiger partial charge in [0.1, 0.15) is 46.1 Å². The molecule has 402 valence electrons. The van der Waals surface area contributed by atoms with Crippen LogP contribution in [0.1, 0.15) is 148 Å². The molecule has 1 aliphatic heterocycles. The molecule has 0 spiro atoms. The second-order valence-corrected chi connectivity index (χ2v) is 18.9. The van der Waals surface area contributed by atoms with Gasteiger partial charge >= 0.3 is 0 Å². The van der Waals surface area contributed by atoms with Crippen molar-refractivity contribution in [3.63, 3.8) is 0 Å². The molecule has 3 aromatic heterocycles. The van der Waals surface area contributed by atoms with Crippen molar-refractivity contribution >= 4 is 81.6 Å². The molecule has 0 aliphatic carbocycles. The van der Waals surface area contributed by atoms with Crippen LogP contribution in [-0.2, 0) is 33.6 Å². The van der Waals surface area contributed by atoms with Crippen molar-refractivity contribution in [2.75, 3.05) is 33.7 Å². The van der Waals surface area contributed by atoms with Gasteiger partial charge in [-0.1, -0.05) is 13.3 Å². The van der Waals surface area contributed by atoms with E-state index in [0.29, 0.717) is 96.9 Å². The van der Waals surface area contributed by atoms with Crippen molar-refractivity contribution in [2.45, 2.75) is 125 Å². The van der Waals surface area contributed by atoms with E-state index >= 15 is 0 Å². The van der Waals surface area contributed by atoms with Crippen molar-refractivity contribution in [3.05, 3.63) is 117 Å². The number of unbranched alkanes of at least 4 members (excludes halogenated alkanes) is 1. The van der Waals surface area contributed by atoms with E-state index in [1.54, 1.807) is 27.7 Å². The topological polar surface area (TPSA) is 260 Å². The summed E-state index contributed by atoms with van der Waals surface area (Å²) in [5, 5.41) is 30.2. The fraction of sp³-hybridized carbons (Fsp3) is 0.421. The number of rotatable bonds is 19. The Balaban J connectivity index is 0.000000242. The normalized spacial score (nSPS) is 12.1. The largest absolute Gasteiger partial charge is 0.507 e. The molecule has 7 rings (SSSR count). The number of nitrogens with zero attached hydrogens (tertiary/aromatic N) is 2. The van der Waals surface area contributed by atoms with Crippen LogP contribution < -0.4 is 16.3 Å². The van der Waals surface area contributed by atoms with E-state index in [-0.39, 0.29) is 126 Å². The van der Waals surface area contributed by atoms with Crippen molar-refractivity contribution in [1.29, 1.82) is 0 Å². The number of piperidine rings is 1. The first-order valence-electron chi connectivity index (χ1n) is 24.9. The SMILES string of the molecule is CCCCC(=O)CCc1c(C)oc2c(C=O)c(O)ccc2c1=O.Cc1cc2c(=O)c(CCC(=O)CCCN(C)C)c(C)oc2c(C=O)c1O.Cc1oc2c(C=O)c(O)ccc2c(=O)c1CCC(=O)N1CCCCC1.Cl. The fourth-order valence-corrected chi connectivity index (χ4v) is 8.95. The van der Waals surface area contributed by atoms with E-state index in [4.69, 9.17) is 13.3 Å². The maximum Gasteiger partial charge on any atom is 0.222 e. The van der Waals surface area contributed by atoms with Crippen molar-refractivity contribution in [3.8, 4) is 17.2 Å². The maximum atomic E-state index is 12.8. The third-order valence-electron chi connectivity index (χ3n) is 13.3. The van der Waals surface area contributed by atoms with E-state index in [1.807, 2.05) is 30.8 Å². The molecule has 0 atom stereocenters. The summed E-state index contributed by atoms with van der Waals surface area (Å²) in [6.07, 6.45) is 10.0. The lowest BCUT2D eigenvalue weighted by Gasteiger charge is -2.26. The molecule has 18 heteroatoms. The van der Waals surface area contributed by atoms with Crippen molar-refractivity contribution in [2.24, 2.45) is 0 Å². The number of carbonyl (C=O) groups excluding carboxylic acids is 6. The minimum Gasteiger partial charge on any atom is -0.507 e. The van der Waals surface area contributed by atoms with Crippen LogP contribution in [0.15, 0.2) is 58.0 Å². The average molecular weight is 1060 g/mol. The fourth-order valence-electron chi connectivity index (χ4n) is 8.95. The van der Waals surface area contributed by atoms with Crippen LogP contribution in [0.4, 0.5) is 0 Å². The average Bonchev–Trinajstić information content (AvgIpc) is 3.36. The Kier molecular flexibility index (Phi) is 22.4. The summed E-state index contributed by atoms with van der Waals surface area (Å²) < 4.78 is 16.9. The number of likely N-dealkylation sites (tertiary alicyclic amines) is 1. The van der Waals surface area contributed by atoms with Crippen LogP contribution in [0.25, 0.3) is 32.9 Å². The summed E-state index contributed by atoms with van der Waals surface area (Å²) >= 11 is 0. The summed E-state index contributed by atoms with van der Waals surface area (Å²) in [5.41, 5.74) is 1.18. The standard InChI is InChI=1S/C20H25NO5.C19H21NO5.C18H20O5.ClH/c1-12-10-16-19(25)15(8-7-14(23)6-5-9-21(3)4)13(2)26-20(16)17(11-22)18(12)24;1-12-13(6-8-17(23)20-9-3-2-4-10-20)18(24)14-5-7-16(22)15(11-21)19(14)25-12;1-3-4-5-12(20)6-7-13-11(2)23-18-14(17(13)22)8-9-16(21)15(18)10-19;/h10-11,24H,5-9H2,1-4H3;5,7,11,22H,2-4,6,8-10H2,1H3;8-10,21H,3-7H2,1-2H3;1H. The molecule has 3 N–H and O–H groups in total. The number of carbonyl (C=O) groups is 6. The Labute approximate surface area is 439 Å². The number of benzene rings is 3. The summed E-state index contributed by atoms with van der Waals surface area (Å²) in [6.45, 7) is 11.0. The predicted molar refractivity (Wildman–Crippen MR) is 288 cm³/mol. The molecular weight excluding hydrogens is 988 g/mol. The summed E-state index contributed by atoms with van der Waals surface area (Å²) in [5.74, 6) is 0.783. The molecule has 3 aromatic carbocycles. The lowest BCUT2D eigenvalue weighted by molar-refractivity contribution is -0.132. The van der Waals surface area contributed by atoms with Crippen LogP contribution in [0.2, 0.25) is 0 Å². The molecule has 0 saturated carbocycles. The van der Waals surface area contributed by atoms with Crippen LogP contribution in [0.3, 0.4) is 0 Å². The van der Waals surface area contributed by atoms with E-state index in [0.717, 1.165) is 58.2 Å². The Morgan fingerprint density at radius 3 is 1.43 bits per heavy atom. The van der Waals surface area contributed by atoms with Gasteiger partial charge in [-0.05, 0) is 136 Å². The Bertz CT molecular complexity index is 3270. The number of amides is 1. The Morgan fingerprint density at radius 1 is 0.587 bits per heavy atom. The highest BCUT2D eigenvalue weighted by atomic mass is 35.5. The van der Waals surface area contributed by atoms with Gasteiger partial charge < -0.3 is 38.4 Å². The van der Waals surface area contributed by atoms with Gasteiger partial charge in [0.05, 0.1) is 32.8 Å². The van der Waals surface area contributed by atoms with E-state index in [2.05, 4.69) is 0 Å². The zero-order valence-electron chi connectivity index (χ0n) is 43.7. The maximum absolute atomic E-state index is 12.8. The smallest absolute Gasteiger partial charge is 0.222 e. The lowest BCUT2D eigenvalue weighted by atomic mass is 10.00. The molecule has 4 heterocycles. The number of aldehydes is 3. The van der Waals surface area contributed by atoms with Crippen molar-refractivity contribution in [1.82, 2.24) is 9.80 Å². The number of halogens is 1. The second-order valence-electron chi connectivity index (χ2n) is 18.9. The van der Waals surface area contributed by atoms with Gasteiger partial charge in [0.15, 0.2) is 51.9 Å². The van der Waals surface area contributed by atoms with Crippen LogP contribution in [0.5, 0.6) is 17.2 Å². The molecule has 1 aliphatic rings. The number of aryl methyl sites for hydroxylation is 4. The third-order valence-corrected chi connectivity index (χ3v) is 13.3. The Hall–Kier alpha value is -7.24. The number of hydrogen-bond acceptors (Lipinski definition) is 16. The second kappa shape index (κ2) is 27.9. The molecule has 75 heavy (non-hydrogen) atoms. The van der Waals surface area contributed by atoms with Gasteiger partial charge in [0, 0.05) is 61.9 Å². The summed E-state index contributed by atoms with van der Waals surface area (Å²) in [7, 11) is 3.92. The van der Waals surface area contributed by atoms with Gasteiger partial charge in [-0.2, -0.15) is 0 Å². The molecule has 0 bridgehead atoms. The first kappa shape index (κ1) is 60.3. The zero-order chi connectivity index (χ0) is 54.4. The minimum absolute atomic E-state index is 0. The third kappa shape index (κ3) is 14.8. The van der Waals surface area contributed by atoms with Gasteiger partial charge in [-0.15, -0.1) is 12.4 Å². The number of hydrogen-bond donors (Lipinski definition) is 3. The molecule has 0 unspecified atom stereocenters. The number of fused-ring (bicyclic) bond motifs is 3. The minimum atomic E-state index is -0.256. The molecule has 1 amide bonds. The van der Waals surface area contributed by atoms with Gasteiger partial charge in [-0.25, -0.2) is 0 Å². The van der Waals surface area contributed by atoms with Gasteiger partial charge in [-0.3, -0.25) is 43.2 Å². The summed E-state index contributed by atoms with van der Waals surface area (Å²) in [6, 6.07) is 7.01. The number of phenolic OH excluding ortho intramolecular Hbond substituents is 3. The first-order chi connectivity index (χ1) is 35.3. The number of Topliss-reactive ketones (excluding diaryl/α,β-unsaturated/α-hetero) is 2. The molecule has 17 nitrogen and oxygen atoms in total. The van der Waals surface area contributed by atoms with Gasteiger partial charge in [0.25, 0.3) is 0 Å². The number of ketones is 2. The monoisotopic (exact) mass is 1050 g/mol. The predicted octanol–water partition coefficient (Wildman–Crippen LogP) is 9.07. The highest BCUT2D eigenvalue weighted by Crippen LogP contribution is 2.31. The zero-order valence-corrected chi connectivity index (χ0v) is 44.5. The van der Waals surface area contributed by atoms with E-state index in [9.17, 15) is 58.5 Å².